The van der Waals surface area contributed by atoms with Gasteiger partial charge in [0.2, 0.25) is 0 Å². The summed E-state index contributed by atoms with van der Waals surface area (Å²) < 4.78 is 18.7. The number of nitrogens with two attached hydrogens (primary N) is 1. The van der Waals surface area contributed by atoms with Crippen LogP contribution in [0, 0.1) is 5.82 Å². The lowest BCUT2D eigenvalue weighted by Crippen LogP contribution is -2.45. The molecule has 0 amide bonds. The van der Waals surface area contributed by atoms with Gasteiger partial charge in [-0.3, -0.25) is 4.90 Å². The van der Waals surface area contributed by atoms with Crippen LogP contribution in [-0.4, -0.2) is 31.1 Å². The molecule has 3 nitrogen and oxygen atoms in total. The van der Waals surface area contributed by atoms with E-state index in [1.807, 2.05) is 6.07 Å². The molecule has 2 N–H and O–H groups in total. The van der Waals surface area contributed by atoms with Crippen LogP contribution in [0.5, 0.6) is 5.75 Å². The van der Waals surface area contributed by atoms with Crippen LogP contribution in [-0.2, 0) is 0 Å². The summed E-state index contributed by atoms with van der Waals surface area (Å²) in [6.45, 7) is 4.08. The van der Waals surface area contributed by atoms with Gasteiger partial charge >= 0.3 is 0 Å². The van der Waals surface area contributed by atoms with E-state index in [0.29, 0.717) is 0 Å². The molecule has 1 fully saturated rings. The fourth-order valence-corrected chi connectivity index (χ4v) is 2.78. The molecule has 1 aromatic carbocycles. The van der Waals surface area contributed by atoms with E-state index in [4.69, 9.17) is 10.5 Å². The van der Waals surface area contributed by atoms with Crippen molar-refractivity contribution in [3.05, 3.63) is 29.6 Å². The third-order valence-electron chi connectivity index (χ3n) is 3.71. The van der Waals surface area contributed by atoms with Crippen molar-refractivity contribution >= 4 is 0 Å². The van der Waals surface area contributed by atoms with Crippen LogP contribution in [0.25, 0.3) is 0 Å². The molecule has 1 aliphatic rings. The Hall–Kier alpha value is -1.13. The molecule has 4 heteroatoms. The van der Waals surface area contributed by atoms with E-state index >= 15 is 0 Å². The minimum Gasteiger partial charge on any atom is -0.494 e. The summed E-state index contributed by atoms with van der Waals surface area (Å²) in [4.78, 5) is 2.31. The van der Waals surface area contributed by atoms with E-state index in [9.17, 15) is 4.39 Å². The van der Waals surface area contributed by atoms with Crippen molar-refractivity contribution in [3.63, 3.8) is 0 Å². The summed E-state index contributed by atoms with van der Waals surface area (Å²) in [6, 6.07) is 5.34. The molecule has 1 saturated heterocycles. The topological polar surface area (TPSA) is 38.5 Å². The number of rotatable bonds is 3. The Kier molecular flexibility index (Phi) is 4.19. The predicted octanol–water partition coefficient (Wildman–Crippen LogP) is 2.32. The van der Waals surface area contributed by atoms with Gasteiger partial charge in [-0.2, -0.15) is 0 Å². The SMILES string of the molecule is CCN1CCCC(N)C1c1ccc(OC)c(F)c1. The Bertz CT molecular complexity index is 411. The minimum atomic E-state index is -0.316. The number of likely N-dealkylation sites (N-methyl/N-ethyl adjacent to an activating group) is 1. The summed E-state index contributed by atoms with van der Waals surface area (Å²) in [5, 5.41) is 0. The number of methoxy groups -OCH3 is 1. The lowest BCUT2D eigenvalue weighted by atomic mass is 9.91. The van der Waals surface area contributed by atoms with Crippen LogP contribution in [0.15, 0.2) is 18.2 Å². The zero-order valence-corrected chi connectivity index (χ0v) is 11.0. The monoisotopic (exact) mass is 252 g/mol. The van der Waals surface area contributed by atoms with Crippen LogP contribution in [0.3, 0.4) is 0 Å². The summed E-state index contributed by atoms with van der Waals surface area (Å²) in [5.41, 5.74) is 7.15. The number of hydrogen-bond acceptors (Lipinski definition) is 3. The van der Waals surface area contributed by atoms with Gasteiger partial charge in [-0.25, -0.2) is 4.39 Å². The Morgan fingerprint density at radius 2 is 2.28 bits per heavy atom. The van der Waals surface area contributed by atoms with E-state index in [2.05, 4.69) is 11.8 Å². The van der Waals surface area contributed by atoms with Gasteiger partial charge in [-0.05, 0) is 43.6 Å². The molecule has 0 bridgehead atoms. The fraction of sp³-hybridized carbons (Fsp3) is 0.571. The van der Waals surface area contributed by atoms with Gasteiger partial charge in [0.15, 0.2) is 11.6 Å². The van der Waals surface area contributed by atoms with Crippen LogP contribution < -0.4 is 10.5 Å². The van der Waals surface area contributed by atoms with Crippen molar-refractivity contribution in [2.75, 3.05) is 20.2 Å². The highest BCUT2D eigenvalue weighted by atomic mass is 19.1. The van der Waals surface area contributed by atoms with Gasteiger partial charge in [-0.1, -0.05) is 13.0 Å². The number of piperidine rings is 1. The number of halogens is 1. The normalized spacial score (nSPS) is 25.1. The molecular weight excluding hydrogens is 231 g/mol. The molecule has 1 aliphatic heterocycles. The molecule has 0 radical (unpaired) electrons. The van der Waals surface area contributed by atoms with Crippen LogP contribution >= 0.6 is 0 Å². The highest BCUT2D eigenvalue weighted by molar-refractivity contribution is 5.32. The zero-order valence-electron chi connectivity index (χ0n) is 11.0. The zero-order chi connectivity index (χ0) is 13.1. The first-order chi connectivity index (χ1) is 8.67. The Morgan fingerprint density at radius 1 is 1.50 bits per heavy atom. The molecule has 100 valence electrons. The number of likely N-dealkylation sites (tertiary alicyclic amines) is 1. The first-order valence-corrected chi connectivity index (χ1v) is 6.50. The lowest BCUT2D eigenvalue weighted by molar-refractivity contribution is 0.135. The van der Waals surface area contributed by atoms with Crippen LogP contribution in [0.2, 0.25) is 0 Å². The number of nitrogens with zero attached hydrogens (tertiary/aromatic N) is 1. The smallest absolute Gasteiger partial charge is 0.165 e. The number of hydrogen-bond donors (Lipinski definition) is 1. The van der Waals surface area contributed by atoms with Crippen molar-refractivity contribution in [2.24, 2.45) is 5.73 Å². The predicted molar refractivity (Wildman–Crippen MR) is 70.1 cm³/mol. The minimum absolute atomic E-state index is 0.0755. The highest BCUT2D eigenvalue weighted by Crippen LogP contribution is 2.31. The van der Waals surface area contributed by atoms with E-state index in [1.54, 1.807) is 12.1 Å². The second-order valence-electron chi connectivity index (χ2n) is 4.77. The fourth-order valence-electron chi connectivity index (χ4n) is 2.78. The van der Waals surface area contributed by atoms with Crippen molar-refractivity contribution in [2.45, 2.75) is 31.8 Å². The second-order valence-corrected chi connectivity index (χ2v) is 4.77. The van der Waals surface area contributed by atoms with Crippen molar-refractivity contribution in [3.8, 4) is 5.75 Å². The quantitative estimate of drug-likeness (QED) is 0.897. The Labute approximate surface area is 108 Å². The van der Waals surface area contributed by atoms with Gasteiger partial charge < -0.3 is 10.5 Å². The van der Waals surface area contributed by atoms with Gasteiger partial charge in [0, 0.05) is 12.1 Å². The van der Waals surface area contributed by atoms with Gasteiger partial charge in [-0.15, -0.1) is 0 Å². The average molecular weight is 252 g/mol. The third-order valence-corrected chi connectivity index (χ3v) is 3.71. The molecule has 0 spiro atoms. The van der Waals surface area contributed by atoms with E-state index in [-0.39, 0.29) is 23.7 Å². The molecule has 0 aromatic heterocycles. The molecule has 18 heavy (non-hydrogen) atoms. The van der Waals surface area contributed by atoms with Crippen molar-refractivity contribution in [1.82, 2.24) is 4.90 Å². The van der Waals surface area contributed by atoms with E-state index in [0.717, 1.165) is 31.5 Å². The maximum absolute atomic E-state index is 13.8. The van der Waals surface area contributed by atoms with Gasteiger partial charge in [0.25, 0.3) is 0 Å². The Balaban J connectivity index is 2.30. The maximum atomic E-state index is 13.8. The summed E-state index contributed by atoms with van der Waals surface area (Å²) in [7, 11) is 1.47. The molecule has 0 aliphatic carbocycles. The first kappa shape index (κ1) is 13.3. The van der Waals surface area contributed by atoms with Crippen LogP contribution in [0.1, 0.15) is 31.4 Å². The lowest BCUT2D eigenvalue weighted by Gasteiger charge is -2.39. The summed E-state index contributed by atoms with van der Waals surface area (Å²) in [6.07, 6.45) is 2.11. The summed E-state index contributed by atoms with van der Waals surface area (Å²) in [5.74, 6) is -0.0324. The molecule has 2 unspecified atom stereocenters. The molecular formula is C14H21FN2O. The number of ether oxygens (including phenoxy) is 1. The molecule has 0 saturated carbocycles. The second kappa shape index (κ2) is 5.67. The maximum Gasteiger partial charge on any atom is 0.165 e. The molecule has 1 heterocycles. The molecule has 2 atom stereocenters. The van der Waals surface area contributed by atoms with Crippen molar-refractivity contribution in [1.29, 1.82) is 0 Å². The molecule has 2 rings (SSSR count). The Morgan fingerprint density at radius 3 is 2.89 bits per heavy atom. The first-order valence-electron chi connectivity index (χ1n) is 6.50. The van der Waals surface area contributed by atoms with E-state index in [1.165, 1.54) is 7.11 Å². The highest BCUT2D eigenvalue weighted by Gasteiger charge is 2.29. The molecule has 1 aromatic rings. The largest absolute Gasteiger partial charge is 0.494 e. The summed E-state index contributed by atoms with van der Waals surface area (Å²) >= 11 is 0. The van der Waals surface area contributed by atoms with Crippen molar-refractivity contribution < 1.29 is 9.13 Å². The number of benzene rings is 1. The average Bonchev–Trinajstić information content (AvgIpc) is 2.38. The standard InChI is InChI=1S/C14H21FN2O/c1-3-17-8-4-5-12(16)14(17)10-6-7-13(18-2)11(15)9-10/h6-7,9,12,14H,3-5,8,16H2,1-2H3. The van der Waals surface area contributed by atoms with Gasteiger partial charge in [0.05, 0.1) is 7.11 Å². The van der Waals surface area contributed by atoms with E-state index < -0.39 is 0 Å². The third kappa shape index (κ3) is 2.49. The van der Waals surface area contributed by atoms with Gasteiger partial charge in [0.1, 0.15) is 0 Å². The van der Waals surface area contributed by atoms with Crippen LogP contribution in [0.4, 0.5) is 4.39 Å².